The number of aromatic nitrogens is 3. The van der Waals surface area contributed by atoms with Gasteiger partial charge in [0.25, 0.3) is 5.91 Å². The second kappa shape index (κ2) is 8.34. The van der Waals surface area contributed by atoms with Gasteiger partial charge in [0, 0.05) is 41.6 Å². The third-order valence-corrected chi connectivity index (χ3v) is 5.23. The number of nitrogens with zero attached hydrogens (tertiary/aromatic N) is 2. The number of para-hydroxylation sites is 2. The molecule has 7 heteroatoms. The lowest BCUT2D eigenvalue weighted by Crippen LogP contribution is -2.20. The first-order valence-corrected chi connectivity index (χ1v) is 9.83. The minimum Gasteiger partial charge on any atom is -0.355 e. The Hall–Kier alpha value is -3.71. The van der Waals surface area contributed by atoms with Crippen molar-refractivity contribution in [2.24, 2.45) is 5.73 Å². The minimum absolute atomic E-state index is 0.244. The summed E-state index contributed by atoms with van der Waals surface area (Å²) in [6.45, 7) is 1.29. The van der Waals surface area contributed by atoms with Crippen molar-refractivity contribution >= 4 is 45.1 Å². The molecule has 2 aromatic carbocycles. The zero-order chi connectivity index (χ0) is 21.1. The van der Waals surface area contributed by atoms with E-state index >= 15 is 0 Å². The second-order valence-corrected chi connectivity index (χ2v) is 7.00. The first-order chi connectivity index (χ1) is 14.7. The van der Waals surface area contributed by atoms with Crippen molar-refractivity contribution in [1.29, 1.82) is 0 Å². The molecule has 30 heavy (non-hydrogen) atoms. The molecule has 4 rings (SSSR count). The molecule has 0 atom stereocenters. The largest absolute Gasteiger partial charge is 0.355 e. The maximum Gasteiger partial charge on any atom is 0.252 e. The predicted molar refractivity (Wildman–Crippen MR) is 119 cm³/mol. The number of aromatic amines is 1. The van der Waals surface area contributed by atoms with Crippen LogP contribution >= 0.6 is 0 Å². The molecule has 2 aromatic heterocycles. The lowest BCUT2D eigenvalue weighted by Gasteiger charge is -2.09. The topological polar surface area (TPSA) is 106 Å². The molecule has 0 spiro atoms. The number of aldehydes is 1. The number of amides is 1. The normalized spacial score (nSPS) is 12.2. The molecule has 0 aliphatic rings. The average molecular weight is 401 g/mol. The van der Waals surface area contributed by atoms with Crippen LogP contribution in [0.25, 0.3) is 33.0 Å². The SMILES string of the molecule is CNC(=O)/C(=C(\C=O)c1n[nH]c2ccccc12)c1cn(CCCN)c2ccccc12. The summed E-state index contributed by atoms with van der Waals surface area (Å²) in [5.74, 6) is -0.342. The van der Waals surface area contributed by atoms with Crippen molar-refractivity contribution in [2.45, 2.75) is 13.0 Å². The summed E-state index contributed by atoms with van der Waals surface area (Å²) < 4.78 is 2.07. The monoisotopic (exact) mass is 401 g/mol. The van der Waals surface area contributed by atoms with E-state index in [0.717, 1.165) is 34.8 Å². The Bertz CT molecular complexity index is 1270. The average Bonchev–Trinajstić information content (AvgIpc) is 3.37. The molecule has 4 N–H and O–H groups in total. The number of carbonyl (C=O) groups excluding carboxylic acids is 2. The molecule has 0 unspecified atom stereocenters. The van der Waals surface area contributed by atoms with Crippen molar-refractivity contribution < 1.29 is 9.59 Å². The Balaban J connectivity index is 2.02. The van der Waals surface area contributed by atoms with E-state index in [4.69, 9.17) is 5.73 Å². The van der Waals surface area contributed by atoms with Crippen LogP contribution in [-0.2, 0) is 16.1 Å². The lowest BCUT2D eigenvalue weighted by atomic mass is 9.96. The Labute approximate surface area is 173 Å². The number of likely N-dealkylation sites (N-methyl/N-ethyl adjacent to an activating group) is 1. The zero-order valence-electron chi connectivity index (χ0n) is 16.7. The molecular weight excluding hydrogens is 378 g/mol. The Morgan fingerprint density at radius 2 is 1.90 bits per heavy atom. The number of hydrogen-bond donors (Lipinski definition) is 3. The van der Waals surface area contributed by atoms with Gasteiger partial charge in [0.15, 0.2) is 6.29 Å². The summed E-state index contributed by atoms with van der Waals surface area (Å²) >= 11 is 0. The molecule has 7 nitrogen and oxygen atoms in total. The van der Waals surface area contributed by atoms with Crippen LogP contribution in [-0.4, -0.2) is 40.6 Å². The maximum absolute atomic E-state index is 13.0. The van der Waals surface area contributed by atoms with Crippen LogP contribution in [0.1, 0.15) is 17.7 Å². The van der Waals surface area contributed by atoms with Gasteiger partial charge in [0.1, 0.15) is 5.69 Å². The van der Waals surface area contributed by atoms with Crippen molar-refractivity contribution in [2.75, 3.05) is 13.6 Å². The Kier molecular flexibility index (Phi) is 5.45. The molecular formula is C23H23N5O2. The zero-order valence-corrected chi connectivity index (χ0v) is 16.7. The minimum atomic E-state index is -0.342. The van der Waals surface area contributed by atoms with E-state index in [0.29, 0.717) is 29.7 Å². The van der Waals surface area contributed by atoms with Gasteiger partial charge in [-0.25, -0.2) is 0 Å². The fraction of sp³-hybridized carbons (Fsp3) is 0.174. The van der Waals surface area contributed by atoms with Crippen molar-refractivity contribution in [3.8, 4) is 0 Å². The molecule has 0 saturated carbocycles. The van der Waals surface area contributed by atoms with E-state index in [-0.39, 0.29) is 11.5 Å². The summed E-state index contributed by atoms with van der Waals surface area (Å²) in [4.78, 5) is 25.3. The quantitative estimate of drug-likeness (QED) is 0.327. The number of fused-ring (bicyclic) bond motifs is 2. The fourth-order valence-corrected chi connectivity index (χ4v) is 3.81. The highest BCUT2D eigenvalue weighted by Crippen LogP contribution is 2.34. The van der Waals surface area contributed by atoms with Crippen LogP contribution in [0.5, 0.6) is 0 Å². The number of rotatable bonds is 7. The van der Waals surface area contributed by atoms with E-state index in [1.807, 2.05) is 54.7 Å². The van der Waals surface area contributed by atoms with E-state index in [1.165, 1.54) is 0 Å². The standard InChI is InChI=1S/C23H23N5O2/c1-25-23(30)21(18(14-29)22-16-8-2-4-9-19(16)26-27-22)17-13-28(12-6-11-24)20-10-5-3-7-15(17)20/h2-5,7-10,13-14H,6,11-12,24H2,1H3,(H,25,30)(H,26,27)/b21-18+. The number of allylic oxidation sites excluding steroid dienone is 1. The van der Waals surface area contributed by atoms with Gasteiger partial charge < -0.3 is 15.6 Å². The second-order valence-electron chi connectivity index (χ2n) is 7.00. The molecule has 0 saturated heterocycles. The number of hydrogen-bond acceptors (Lipinski definition) is 4. The van der Waals surface area contributed by atoms with Crippen LogP contribution in [0.4, 0.5) is 0 Å². The maximum atomic E-state index is 13.0. The molecule has 0 aliphatic heterocycles. The van der Waals surface area contributed by atoms with Gasteiger partial charge in [-0.15, -0.1) is 0 Å². The van der Waals surface area contributed by atoms with Crippen LogP contribution in [0.15, 0.2) is 54.7 Å². The van der Waals surface area contributed by atoms with Gasteiger partial charge in [-0.2, -0.15) is 5.10 Å². The van der Waals surface area contributed by atoms with Crippen molar-refractivity contribution in [1.82, 2.24) is 20.1 Å². The highest BCUT2D eigenvalue weighted by Gasteiger charge is 2.24. The number of benzene rings is 2. The van der Waals surface area contributed by atoms with Gasteiger partial charge in [-0.3, -0.25) is 14.7 Å². The molecule has 0 radical (unpaired) electrons. The van der Waals surface area contributed by atoms with Gasteiger partial charge >= 0.3 is 0 Å². The molecule has 4 aromatic rings. The van der Waals surface area contributed by atoms with E-state index in [1.54, 1.807) is 7.05 Å². The molecule has 2 heterocycles. The lowest BCUT2D eigenvalue weighted by molar-refractivity contribution is -0.115. The number of H-pyrrole nitrogens is 1. The van der Waals surface area contributed by atoms with Crippen molar-refractivity contribution in [3.05, 3.63) is 66.0 Å². The number of carbonyl (C=O) groups is 2. The Morgan fingerprint density at radius 3 is 2.63 bits per heavy atom. The van der Waals surface area contributed by atoms with Crippen molar-refractivity contribution in [3.63, 3.8) is 0 Å². The first kappa shape index (κ1) is 19.6. The van der Waals surface area contributed by atoms with Crippen LogP contribution < -0.4 is 11.1 Å². The molecule has 1 amide bonds. The smallest absolute Gasteiger partial charge is 0.252 e. The van der Waals surface area contributed by atoms with Gasteiger partial charge in [-0.1, -0.05) is 36.4 Å². The number of nitrogens with two attached hydrogens (primary N) is 1. The van der Waals surface area contributed by atoms with Gasteiger partial charge in [0.05, 0.1) is 16.7 Å². The van der Waals surface area contributed by atoms with E-state index in [9.17, 15) is 9.59 Å². The molecule has 0 bridgehead atoms. The summed E-state index contributed by atoms with van der Waals surface area (Å²) in [5, 5.41) is 11.7. The summed E-state index contributed by atoms with van der Waals surface area (Å²) in [5.41, 5.74) is 9.17. The highest BCUT2D eigenvalue weighted by atomic mass is 16.1. The molecule has 152 valence electrons. The van der Waals surface area contributed by atoms with Crippen LogP contribution in [0.3, 0.4) is 0 Å². The summed E-state index contributed by atoms with van der Waals surface area (Å²) in [6.07, 6.45) is 3.43. The van der Waals surface area contributed by atoms with Gasteiger partial charge in [-0.05, 0) is 25.1 Å². The molecule has 0 aliphatic carbocycles. The number of aryl methyl sites for hydroxylation is 1. The summed E-state index contributed by atoms with van der Waals surface area (Å²) in [6, 6.07) is 15.4. The third kappa shape index (κ3) is 3.29. The predicted octanol–water partition coefficient (Wildman–Crippen LogP) is 2.72. The molecule has 0 fully saturated rings. The van der Waals surface area contributed by atoms with E-state index in [2.05, 4.69) is 20.1 Å². The van der Waals surface area contributed by atoms with Crippen LogP contribution in [0, 0.1) is 0 Å². The Morgan fingerprint density at radius 1 is 1.17 bits per heavy atom. The van der Waals surface area contributed by atoms with Gasteiger partial charge in [0.2, 0.25) is 0 Å². The fourth-order valence-electron chi connectivity index (χ4n) is 3.81. The van der Waals surface area contributed by atoms with E-state index < -0.39 is 0 Å². The number of nitrogens with one attached hydrogen (secondary N) is 2. The third-order valence-electron chi connectivity index (χ3n) is 5.23. The van der Waals surface area contributed by atoms with Crippen LogP contribution in [0.2, 0.25) is 0 Å². The highest BCUT2D eigenvalue weighted by molar-refractivity contribution is 6.37. The first-order valence-electron chi connectivity index (χ1n) is 9.83. The summed E-state index contributed by atoms with van der Waals surface area (Å²) in [7, 11) is 1.56.